The minimum absolute atomic E-state index is 0.0696. The van der Waals surface area contributed by atoms with Crippen molar-refractivity contribution < 1.29 is 17.6 Å². The number of rotatable bonds is 5. The molecule has 3 heterocycles. The standard InChI is InChI=1S/C21H24N4O5S/c1-14-9-15(2)12-24(11-14)31(28,29)16-6-7-17-18(10-16)30-21(27)25(17)13-20(26)23-19-5-3-4-8-22-19/h3-8,10,14-15H,9,11-13H2,1-2H3,(H,22,23,26). The van der Waals surface area contributed by atoms with E-state index in [9.17, 15) is 18.0 Å². The van der Waals surface area contributed by atoms with Gasteiger partial charge in [0.15, 0.2) is 5.58 Å². The number of hydrogen-bond donors (Lipinski definition) is 1. The van der Waals surface area contributed by atoms with Crippen LogP contribution in [0.25, 0.3) is 11.1 Å². The summed E-state index contributed by atoms with van der Waals surface area (Å²) >= 11 is 0. The van der Waals surface area contributed by atoms with E-state index in [2.05, 4.69) is 10.3 Å². The van der Waals surface area contributed by atoms with Crippen molar-refractivity contribution in [2.24, 2.45) is 11.8 Å². The Hall–Kier alpha value is -2.98. The Morgan fingerprint density at radius 1 is 1.19 bits per heavy atom. The van der Waals surface area contributed by atoms with Crippen molar-refractivity contribution >= 4 is 32.8 Å². The monoisotopic (exact) mass is 444 g/mol. The number of hydrogen-bond acceptors (Lipinski definition) is 6. The molecule has 3 aromatic rings. The number of oxazole rings is 1. The van der Waals surface area contributed by atoms with Gasteiger partial charge in [-0.1, -0.05) is 19.9 Å². The third kappa shape index (κ3) is 4.40. The van der Waals surface area contributed by atoms with E-state index in [1.807, 2.05) is 13.8 Å². The molecule has 1 amide bonds. The average molecular weight is 445 g/mol. The van der Waals surface area contributed by atoms with Gasteiger partial charge in [-0.2, -0.15) is 4.31 Å². The molecule has 164 valence electrons. The maximum absolute atomic E-state index is 13.1. The van der Waals surface area contributed by atoms with Crippen LogP contribution in [0.3, 0.4) is 0 Å². The first kappa shape index (κ1) is 21.3. The topological polar surface area (TPSA) is 115 Å². The van der Waals surface area contributed by atoms with Crippen molar-refractivity contribution in [2.45, 2.75) is 31.7 Å². The maximum atomic E-state index is 13.1. The van der Waals surface area contributed by atoms with Gasteiger partial charge in [-0.25, -0.2) is 18.2 Å². The third-order valence-electron chi connectivity index (χ3n) is 5.35. The number of nitrogens with zero attached hydrogens (tertiary/aromatic N) is 3. The molecule has 0 spiro atoms. The fourth-order valence-corrected chi connectivity index (χ4v) is 5.77. The van der Waals surface area contributed by atoms with Gasteiger partial charge in [-0.3, -0.25) is 9.36 Å². The number of benzene rings is 1. The predicted octanol–water partition coefficient (Wildman–Crippen LogP) is 2.29. The summed E-state index contributed by atoms with van der Waals surface area (Å²) in [6.45, 7) is 4.72. The molecule has 10 heteroatoms. The van der Waals surface area contributed by atoms with Crippen LogP contribution in [-0.2, 0) is 21.4 Å². The lowest BCUT2D eigenvalue weighted by atomic mass is 9.94. The van der Waals surface area contributed by atoms with Crippen LogP contribution in [-0.4, -0.2) is 41.3 Å². The molecule has 0 saturated carbocycles. The Morgan fingerprint density at radius 2 is 1.94 bits per heavy atom. The molecule has 0 aliphatic carbocycles. The van der Waals surface area contributed by atoms with E-state index in [4.69, 9.17) is 4.42 Å². The number of piperidine rings is 1. The van der Waals surface area contributed by atoms with Crippen LogP contribution in [0, 0.1) is 11.8 Å². The summed E-state index contributed by atoms with van der Waals surface area (Å²) in [7, 11) is -3.71. The number of nitrogens with one attached hydrogen (secondary N) is 1. The molecule has 1 fully saturated rings. The summed E-state index contributed by atoms with van der Waals surface area (Å²) in [5.74, 6) is -0.262. The molecule has 9 nitrogen and oxygen atoms in total. The van der Waals surface area contributed by atoms with E-state index in [0.29, 0.717) is 24.4 Å². The first-order valence-electron chi connectivity index (χ1n) is 10.1. The van der Waals surface area contributed by atoms with Gasteiger partial charge in [0.1, 0.15) is 12.4 Å². The molecule has 1 aliphatic rings. The second-order valence-electron chi connectivity index (χ2n) is 8.11. The summed E-state index contributed by atoms with van der Waals surface area (Å²) in [6, 6.07) is 9.38. The van der Waals surface area contributed by atoms with E-state index in [1.54, 1.807) is 24.4 Å². The molecule has 1 aliphatic heterocycles. The number of pyridine rings is 1. The van der Waals surface area contributed by atoms with Gasteiger partial charge in [-0.05, 0) is 42.5 Å². The highest BCUT2D eigenvalue weighted by atomic mass is 32.2. The molecular formula is C21H24N4O5S. The predicted molar refractivity (Wildman–Crippen MR) is 115 cm³/mol. The highest BCUT2D eigenvalue weighted by molar-refractivity contribution is 7.89. The first-order chi connectivity index (χ1) is 14.7. The Balaban J connectivity index is 1.60. The number of aromatic nitrogens is 2. The van der Waals surface area contributed by atoms with Crippen molar-refractivity contribution in [3.8, 4) is 0 Å². The Morgan fingerprint density at radius 3 is 2.61 bits per heavy atom. The zero-order chi connectivity index (χ0) is 22.2. The summed E-state index contributed by atoms with van der Waals surface area (Å²) in [5.41, 5.74) is 0.468. The molecule has 0 bridgehead atoms. The number of carbonyl (C=O) groups is 1. The van der Waals surface area contributed by atoms with Crippen molar-refractivity contribution in [3.63, 3.8) is 0 Å². The highest BCUT2D eigenvalue weighted by Gasteiger charge is 2.32. The number of sulfonamides is 1. The quantitative estimate of drug-likeness (QED) is 0.646. The molecule has 4 rings (SSSR count). The number of amides is 1. The van der Waals surface area contributed by atoms with Gasteiger partial charge < -0.3 is 9.73 Å². The van der Waals surface area contributed by atoms with Crippen LogP contribution < -0.4 is 11.1 Å². The fourth-order valence-electron chi connectivity index (χ4n) is 4.07. The van der Waals surface area contributed by atoms with Crippen LogP contribution in [0.5, 0.6) is 0 Å². The molecule has 2 aromatic heterocycles. The molecule has 31 heavy (non-hydrogen) atoms. The van der Waals surface area contributed by atoms with Gasteiger partial charge in [0.25, 0.3) is 0 Å². The number of anilines is 1. The number of carbonyl (C=O) groups excluding carboxylic acids is 1. The highest BCUT2D eigenvalue weighted by Crippen LogP contribution is 2.28. The second kappa shape index (κ2) is 8.27. The van der Waals surface area contributed by atoms with E-state index in [-0.39, 0.29) is 28.9 Å². The first-order valence-corrected chi connectivity index (χ1v) is 11.5. The zero-order valence-corrected chi connectivity index (χ0v) is 18.1. The van der Waals surface area contributed by atoms with Crippen LogP contribution in [0.4, 0.5) is 5.82 Å². The SMILES string of the molecule is CC1CC(C)CN(S(=O)(=O)c2ccc3c(c2)oc(=O)n3CC(=O)Nc2ccccn2)C1. The fraction of sp³-hybridized carbons (Fsp3) is 0.381. The van der Waals surface area contributed by atoms with E-state index >= 15 is 0 Å². The Bertz CT molecular complexity index is 1260. The third-order valence-corrected chi connectivity index (χ3v) is 7.17. The van der Waals surface area contributed by atoms with Gasteiger partial charge >= 0.3 is 5.76 Å². The lowest BCUT2D eigenvalue weighted by molar-refractivity contribution is -0.116. The molecule has 0 radical (unpaired) electrons. The minimum atomic E-state index is -3.71. The second-order valence-corrected chi connectivity index (χ2v) is 10.1. The molecule has 1 N–H and O–H groups in total. The lowest BCUT2D eigenvalue weighted by Crippen LogP contribution is -2.42. The average Bonchev–Trinajstić information content (AvgIpc) is 3.02. The zero-order valence-electron chi connectivity index (χ0n) is 17.3. The largest absolute Gasteiger partial charge is 0.420 e. The van der Waals surface area contributed by atoms with Gasteiger partial charge in [0.2, 0.25) is 15.9 Å². The summed E-state index contributed by atoms with van der Waals surface area (Å²) in [5, 5.41) is 2.60. The van der Waals surface area contributed by atoms with E-state index in [0.717, 1.165) is 11.0 Å². The smallest absolute Gasteiger partial charge is 0.408 e. The molecule has 2 unspecified atom stereocenters. The summed E-state index contributed by atoms with van der Waals surface area (Å²) in [6.07, 6.45) is 2.53. The van der Waals surface area contributed by atoms with Crippen molar-refractivity contribution in [2.75, 3.05) is 18.4 Å². The number of fused-ring (bicyclic) bond motifs is 1. The summed E-state index contributed by atoms with van der Waals surface area (Å²) in [4.78, 5) is 28.7. The van der Waals surface area contributed by atoms with Crippen LogP contribution in [0.1, 0.15) is 20.3 Å². The van der Waals surface area contributed by atoms with Crippen molar-refractivity contribution in [3.05, 3.63) is 53.1 Å². The Kier molecular flexibility index (Phi) is 5.67. The molecule has 1 saturated heterocycles. The van der Waals surface area contributed by atoms with Crippen LogP contribution in [0.2, 0.25) is 0 Å². The maximum Gasteiger partial charge on any atom is 0.420 e. The van der Waals surface area contributed by atoms with Gasteiger partial charge in [-0.15, -0.1) is 0 Å². The van der Waals surface area contributed by atoms with E-state index < -0.39 is 21.7 Å². The van der Waals surface area contributed by atoms with Gasteiger partial charge in [0.05, 0.1) is 10.4 Å². The summed E-state index contributed by atoms with van der Waals surface area (Å²) < 4.78 is 34.1. The molecule has 1 aromatic carbocycles. The van der Waals surface area contributed by atoms with Gasteiger partial charge in [0, 0.05) is 25.4 Å². The van der Waals surface area contributed by atoms with Crippen molar-refractivity contribution in [1.82, 2.24) is 13.9 Å². The van der Waals surface area contributed by atoms with E-state index in [1.165, 1.54) is 22.5 Å². The lowest BCUT2D eigenvalue weighted by Gasteiger charge is -2.34. The van der Waals surface area contributed by atoms with Crippen LogP contribution >= 0.6 is 0 Å². The normalized spacial score (nSPS) is 20.1. The molecular weight excluding hydrogens is 420 g/mol. The van der Waals surface area contributed by atoms with Crippen molar-refractivity contribution in [1.29, 1.82) is 0 Å². The Labute approximate surface area is 179 Å². The molecule has 2 atom stereocenters. The minimum Gasteiger partial charge on any atom is -0.408 e. The van der Waals surface area contributed by atoms with Crippen LogP contribution in [0.15, 0.2) is 56.7 Å².